The maximum Gasteiger partial charge on any atom is 0.279 e. The van der Waals surface area contributed by atoms with Gasteiger partial charge < -0.3 is 24.6 Å². The molecule has 3 N–H and O–H groups in total. The number of quaternary nitrogens is 2. The lowest BCUT2D eigenvalue weighted by Gasteiger charge is -2.26. The fourth-order valence-corrected chi connectivity index (χ4v) is 2.61. The van der Waals surface area contributed by atoms with E-state index in [0.29, 0.717) is 12.3 Å². The lowest BCUT2D eigenvalue weighted by Crippen LogP contribution is -3.27. The third-order valence-corrected chi connectivity index (χ3v) is 3.88. The summed E-state index contributed by atoms with van der Waals surface area (Å²) >= 11 is 0. The van der Waals surface area contributed by atoms with Crippen LogP contribution in [-0.2, 0) is 4.79 Å². The molecule has 108 valence electrons. The largest absolute Gasteiger partial charge is 0.454 e. The van der Waals surface area contributed by atoms with Crippen LogP contribution in [-0.4, -0.2) is 52.5 Å². The minimum Gasteiger partial charge on any atom is -0.454 e. The van der Waals surface area contributed by atoms with E-state index < -0.39 is 0 Å². The zero-order valence-electron chi connectivity index (χ0n) is 11.7. The van der Waals surface area contributed by atoms with E-state index in [0.717, 1.165) is 37.6 Å². The van der Waals surface area contributed by atoms with Gasteiger partial charge in [-0.25, -0.2) is 0 Å². The second kappa shape index (κ2) is 5.68. The summed E-state index contributed by atoms with van der Waals surface area (Å²) in [5.41, 5.74) is 0.762. The summed E-state index contributed by atoms with van der Waals surface area (Å²) in [7, 11) is 2.20. The summed E-state index contributed by atoms with van der Waals surface area (Å²) in [5, 5.41) is 2.93. The molecule has 6 nitrogen and oxygen atoms in total. The van der Waals surface area contributed by atoms with Crippen molar-refractivity contribution in [1.29, 1.82) is 0 Å². The van der Waals surface area contributed by atoms with Crippen LogP contribution in [0.1, 0.15) is 0 Å². The van der Waals surface area contributed by atoms with Gasteiger partial charge in [-0.05, 0) is 12.1 Å². The molecule has 2 aliphatic heterocycles. The topological polar surface area (TPSA) is 56.4 Å². The van der Waals surface area contributed by atoms with Gasteiger partial charge in [-0.1, -0.05) is 0 Å². The average molecular weight is 279 g/mol. The molecule has 0 atom stereocenters. The van der Waals surface area contributed by atoms with Crippen molar-refractivity contribution >= 4 is 11.6 Å². The standard InChI is InChI=1S/C14H19N3O3/c1-16-4-6-17(7-5-16)9-14(18)15-11-2-3-12-13(8-11)20-10-19-12/h2-3,8H,4-7,9-10H2,1H3,(H,15,18)/p+2. The SMILES string of the molecule is C[NH+]1CC[NH+](CC(=O)Nc2ccc3c(c2)OCO3)CC1. The molecule has 1 saturated heterocycles. The van der Waals surface area contributed by atoms with Gasteiger partial charge in [0.2, 0.25) is 6.79 Å². The fourth-order valence-electron chi connectivity index (χ4n) is 2.61. The predicted octanol–water partition coefficient (Wildman–Crippen LogP) is -2.23. The van der Waals surface area contributed by atoms with Crippen LogP contribution in [0.15, 0.2) is 18.2 Å². The number of carbonyl (C=O) groups is 1. The maximum atomic E-state index is 12.1. The van der Waals surface area contributed by atoms with E-state index in [1.165, 1.54) is 4.90 Å². The average Bonchev–Trinajstić information content (AvgIpc) is 2.89. The lowest BCUT2D eigenvalue weighted by molar-refractivity contribution is -0.999. The van der Waals surface area contributed by atoms with Crippen LogP contribution in [0.25, 0.3) is 0 Å². The van der Waals surface area contributed by atoms with Crippen molar-refractivity contribution in [2.75, 3.05) is 51.9 Å². The second-order valence-electron chi connectivity index (χ2n) is 5.50. The molecule has 1 aromatic rings. The number of hydrogen-bond donors (Lipinski definition) is 3. The Bertz CT molecular complexity index is 498. The molecule has 0 unspecified atom stereocenters. The first-order chi connectivity index (χ1) is 9.70. The maximum absolute atomic E-state index is 12.1. The van der Waals surface area contributed by atoms with E-state index >= 15 is 0 Å². The molecule has 6 heteroatoms. The highest BCUT2D eigenvalue weighted by molar-refractivity contribution is 5.91. The predicted molar refractivity (Wildman–Crippen MR) is 73.4 cm³/mol. The Hall–Kier alpha value is -1.79. The molecule has 3 rings (SSSR count). The van der Waals surface area contributed by atoms with Gasteiger partial charge in [0.25, 0.3) is 5.91 Å². The number of ether oxygens (including phenoxy) is 2. The van der Waals surface area contributed by atoms with Gasteiger partial charge in [-0.2, -0.15) is 0 Å². The van der Waals surface area contributed by atoms with Crippen LogP contribution in [0.5, 0.6) is 11.5 Å². The molecule has 2 aliphatic rings. The molecule has 0 aliphatic carbocycles. The van der Waals surface area contributed by atoms with Crippen LogP contribution >= 0.6 is 0 Å². The van der Waals surface area contributed by atoms with E-state index in [1.807, 2.05) is 18.2 Å². The van der Waals surface area contributed by atoms with Crippen molar-refractivity contribution in [2.24, 2.45) is 0 Å². The zero-order valence-corrected chi connectivity index (χ0v) is 11.7. The molecule has 0 bridgehead atoms. The van der Waals surface area contributed by atoms with Crippen molar-refractivity contribution in [3.05, 3.63) is 18.2 Å². The molecule has 1 amide bonds. The van der Waals surface area contributed by atoms with Gasteiger partial charge in [-0.15, -0.1) is 0 Å². The van der Waals surface area contributed by atoms with Gasteiger partial charge in [-0.3, -0.25) is 4.79 Å². The molecule has 0 radical (unpaired) electrons. The van der Waals surface area contributed by atoms with Crippen LogP contribution in [0.3, 0.4) is 0 Å². The molecule has 0 spiro atoms. The highest BCUT2D eigenvalue weighted by Gasteiger charge is 2.22. The lowest BCUT2D eigenvalue weighted by atomic mass is 10.2. The van der Waals surface area contributed by atoms with E-state index in [-0.39, 0.29) is 12.7 Å². The summed E-state index contributed by atoms with van der Waals surface area (Å²) in [5.74, 6) is 1.48. The van der Waals surface area contributed by atoms with Crippen LogP contribution in [0, 0.1) is 0 Å². The van der Waals surface area contributed by atoms with Gasteiger partial charge in [0.15, 0.2) is 18.0 Å². The molecule has 2 heterocycles. The summed E-state index contributed by atoms with van der Waals surface area (Å²) in [6, 6.07) is 5.47. The molecule has 0 aromatic heterocycles. The number of piperazine rings is 1. The molecular weight excluding hydrogens is 258 g/mol. The third-order valence-electron chi connectivity index (χ3n) is 3.88. The van der Waals surface area contributed by atoms with Crippen molar-refractivity contribution in [1.82, 2.24) is 0 Å². The molecular formula is C14H21N3O3+2. The highest BCUT2D eigenvalue weighted by atomic mass is 16.7. The van der Waals surface area contributed by atoms with E-state index in [4.69, 9.17) is 9.47 Å². The first kappa shape index (κ1) is 13.2. The Morgan fingerprint density at radius 3 is 2.75 bits per heavy atom. The van der Waals surface area contributed by atoms with Crippen molar-refractivity contribution in [3.8, 4) is 11.5 Å². The minimum atomic E-state index is 0.0541. The van der Waals surface area contributed by atoms with E-state index in [1.54, 1.807) is 4.90 Å². The number of carbonyl (C=O) groups excluding carboxylic acids is 1. The van der Waals surface area contributed by atoms with Crippen molar-refractivity contribution in [2.45, 2.75) is 0 Å². The van der Waals surface area contributed by atoms with Gasteiger partial charge >= 0.3 is 0 Å². The first-order valence-electron chi connectivity index (χ1n) is 7.05. The molecule has 0 saturated carbocycles. The Morgan fingerprint density at radius 2 is 1.95 bits per heavy atom. The Morgan fingerprint density at radius 1 is 1.20 bits per heavy atom. The number of hydrogen-bond acceptors (Lipinski definition) is 3. The summed E-state index contributed by atoms with van der Waals surface area (Å²) in [4.78, 5) is 15.0. The Labute approximate surface area is 118 Å². The minimum absolute atomic E-state index is 0.0541. The number of rotatable bonds is 3. The van der Waals surface area contributed by atoms with Crippen LogP contribution in [0.2, 0.25) is 0 Å². The van der Waals surface area contributed by atoms with Crippen LogP contribution < -0.4 is 24.6 Å². The van der Waals surface area contributed by atoms with Gasteiger partial charge in [0.1, 0.15) is 26.2 Å². The van der Waals surface area contributed by atoms with Gasteiger partial charge in [0.05, 0.1) is 7.05 Å². The highest BCUT2D eigenvalue weighted by Crippen LogP contribution is 2.34. The first-order valence-corrected chi connectivity index (χ1v) is 7.05. The van der Waals surface area contributed by atoms with E-state index in [9.17, 15) is 4.79 Å². The number of amides is 1. The molecule has 1 fully saturated rings. The summed E-state index contributed by atoms with van der Waals surface area (Å²) in [6.07, 6.45) is 0. The number of anilines is 1. The van der Waals surface area contributed by atoms with Crippen LogP contribution in [0.4, 0.5) is 5.69 Å². The Balaban J connectivity index is 1.54. The van der Waals surface area contributed by atoms with Gasteiger partial charge in [0, 0.05) is 11.8 Å². The normalized spacial score (nSPS) is 24.4. The smallest absolute Gasteiger partial charge is 0.279 e. The number of likely N-dealkylation sites (N-methyl/N-ethyl adjacent to an activating group) is 1. The van der Waals surface area contributed by atoms with Crippen molar-refractivity contribution in [3.63, 3.8) is 0 Å². The second-order valence-corrected chi connectivity index (χ2v) is 5.50. The summed E-state index contributed by atoms with van der Waals surface area (Å²) < 4.78 is 10.5. The number of benzene rings is 1. The molecule has 1 aromatic carbocycles. The summed E-state index contributed by atoms with van der Waals surface area (Å²) in [6.45, 7) is 5.16. The van der Waals surface area contributed by atoms with Crippen molar-refractivity contribution < 1.29 is 24.1 Å². The van der Waals surface area contributed by atoms with E-state index in [2.05, 4.69) is 12.4 Å². The fraction of sp³-hybridized carbons (Fsp3) is 0.500. The Kier molecular flexibility index (Phi) is 3.75. The quantitative estimate of drug-likeness (QED) is 0.587. The number of nitrogens with one attached hydrogen (secondary N) is 3. The number of fused-ring (bicyclic) bond motifs is 1. The monoisotopic (exact) mass is 279 g/mol. The third kappa shape index (κ3) is 3.02. The molecule has 20 heavy (non-hydrogen) atoms. The zero-order chi connectivity index (χ0) is 13.9.